The maximum absolute atomic E-state index is 12.1. The summed E-state index contributed by atoms with van der Waals surface area (Å²) in [7, 11) is 0. The summed E-state index contributed by atoms with van der Waals surface area (Å²) in [5.41, 5.74) is 2.80. The average molecular weight is 347 g/mol. The van der Waals surface area contributed by atoms with Gasteiger partial charge in [-0.05, 0) is 37.0 Å². The van der Waals surface area contributed by atoms with Gasteiger partial charge in [0.25, 0.3) is 0 Å². The van der Waals surface area contributed by atoms with Gasteiger partial charge in [-0.25, -0.2) is 4.39 Å². The Hall–Kier alpha value is -2.48. The smallest absolute Gasteiger partial charge is 0.304 e. The van der Waals surface area contributed by atoms with Crippen molar-refractivity contribution in [1.29, 1.82) is 5.26 Å². The van der Waals surface area contributed by atoms with Crippen LogP contribution in [0.1, 0.15) is 51.2 Å². The van der Waals surface area contributed by atoms with Crippen molar-refractivity contribution in [3.05, 3.63) is 42.0 Å². The molecule has 0 aliphatic carbocycles. The molecule has 1 N–H and O–H groups in total. The summed E-state index contributed by atoms with van der Waals surface area (Å²) in [5.74, 6) is -2.03. The summed E-state index contributed by atoms with van der Waals surface area (Å²) in [4.78, 5) is 21.5. The van der Waals surface area contributed by atoms with Crippen LogP contribution in [0.3, 0.4) is 0 Å². The molecule has 25 heavy (non-hydrogen) atoms. The molecule has 0 saturated carbocycles. The maximum atomic E-state index is 12.1. The van der Waals surface area contributed by atoms with E-state index in [2.05, 4.69) is 12.6 Å². The van der Waals surface area contributed by atoms with Gasteiger partial charge in [-0.2, -0.15) is 5.26 Å². The van der Waals surface area contributed by atoms with Crippen LogP contribution < -0.4 is 0 Å². The number of Topliss-reactive ketones (excluding diaryl/α,β-unsaturated/α-hetero) is 1. The highest BCUT2D eigenvalue weighted by atomic mass is 19.1. The summed E-state index contributed by atoms with van der Waals surface area (Å²) in [6.07, 6.45) is 1.08. The van der Waals surface area contributed by atoms with E-state index in [9.17, 15) is 14.0 Å². The van der Waals surface area contributed by atoms with E-state index >= 15 is 0 Å². The molecule has 0 aromatic heterocycles. The zero-order chi connectivity index (χ0) is 19.4. The van der Waals surface area contributed by atoms with Gasteiger partial charge < -0.3 is 5.11 Å². The second kappa shape index (κ2) is 12.0. The third-order valence-corrected chi connectivity index (χ3v) is 3.90. The molecule has 4 nitrogen and oxygen atoms in total. The maximum Gasteiger partial charge on any atom is 0.304 e. The second-order valence-corrected chi connectivity index (χ2v) is 6.11. The molecule has 0 aliphatic heterocycles. The number of carbonyl (C=O) groups excluding carboxylic acids is 1. The first kappa shape index (κ1) is 22.5. The fourth-order valence-electron chi connectivity index (χ4n) is 2.13. The molecular formula is C20H26FNO3. The number of nitriles is 1. The van der Waals surface area contributed by atoms with E-state index in [4.69, 9.17) is 10.4 Å². The van der Waals surface area contributed by atoms with E-state index in [0.29, 0.717) is 12.0 Å². The molecule has 5 heteroatoms. The Balaban J connectivity index is 0.000000472. The van der Waals surface area contributed by atoms with Crippen LogP contribution in [0.5, 0.6) is 0 Å². The number of carboxylic acids is 1. The first-order valence-corrected chi connectivity index (χ1v) is 8.21. The lowest BCUT2D eigenvalue weighted by Crippen LogP contribution is -2.22. The molecule has 136 valence electrons. The van der Waals surface area contributed by atoms with Gasteiger partial charge in [0.2, 0.25) is 0 Å². The second-order valence-electron chi connectivity index (χ2n) is 6.11. The normalized spacial score (nSPS) is 12.1. The van der Waals surface area contributed by atoms with Gasteiger partial charge in [0, 0.05) is 5.92 Å². The number of ketones is 1. The molecule has 0 spiro atoms. The Morgan fingerprint density at radius 1 is 1.32 bits per heavy atom. The van der Waals surface area contributed by atoms with Crippen LogP contribution in [0.15, 0.2) is 30.8 Å². The number of rotatable bonds is 8. The molecule has 0 fully saturated rings. The first-order valence-electron chi connectivity index (χ1n) is 8.21. The van der Waals surface area contributed by atoms with Gasteiger partial charge in [0.15, 0.2) is 5.78 Å². The third-order valence-electron chi connectivity index (χ3n) is 3.90. The predicted octanol–water partition coefficient (Wildman–Crippen LogP) is 4.64. The quantitative estimate of drug-likeness (QED) is 0.743. The van der Waals surface area contributed by atoms with Crippen molar-refractivity contribution in [2.24, 2.45) is 11.8 Å². The molecule has 2 atom stereocenters. The topological polar surface area (TPSA) is 78.2 Å². The van der Waals surface area contributed by atoms with E-state index in [1.807, 2.05) is 32.9 Å². The molecule has 0 heterocycles. The molecule has 0 amide bonds. The minimum Gasteiger partial charge on any atom is -0.481 e. The molecule has 1 aromatic carbocycles. The van der Waals surface area contributed by atoms with E-state index in [0.717, 1.165) is 17.6 Å². The van der Waals surface area contributed by atoms with Crippen molar-refractivity contribution >= 4 is 17.3 Å². The molecule has 0 aliphatic rings. The number of hydrogen-bond acceptors (Lipinski definition) is 3. The minimum absolute atomic E-state index is 0.257. The number of aliphatic carboxylic acids is 1. The molecular weight excluding hydrogens is 321 g/mol. The van der Waals surface area contributed by atoms with Crippen molar-refractivity contribution in [1.82, 2.24) is 0 Å². The number of carboxylic acid groups (broad SMARTS) is 1. The summed E-state index contributed by atoms with van der Waals surface area (Å²) in [5, 5.41) is 17.0. The van der Waals surface area contributed by atoms with Crippen molar-refractivity contribution < 1.29 is 19.1 Å². The largest absolute Gasteiger partial charge is 0.481 e. The lowest BCUT2D eigenvalue weighted by molar-refractivity contribution is -0.141. The fourth-order valence-corrected chi connectivity index (χ4v) is 2.13. The highest BCUT2D eigenvalue weighted by Gasteiger charge is 2.22. The van der Waals surface area contributed by atoms with E-state index in [-0.39, 0.29) is 12.3 Å². The monoisotopic (exact) mass is 347 g/mol. The van der Waals surface area contributed by atoms with Crippen LogP contribution in [-0.4, -0.2) is 23.5 Å². The summed E-state index contributed by atoms with van der Waals surface area (Å²) in [6.45, 7) is 8.57. The van der Waals surface area contributed by atoms with Crippen LogP contribution in [0.2, 0.25) is 0 Å². The number of alkyl halides is 1. The lowest BCUT2D eigenvalue weighted by atomic mass is 9.89. The van der Waals surface area contributed by atoms with Gasteiger partial charge in [-0.15, -0.1) is 0 Å². The van der Waals surface area contributed by atoms with Crippen LogP contribution >= 0.6 is 0 Å². The zero-order valence-electron chi connectivity index (χ0n) is 15.1. The van der Waals surface area contributed by atoms with Gasteiger partial charge in [-0.3, -0.25) is 9.59 Å². The summed E-state index contributed by atoms with van der Waals surface area (Å²) < 4.78 is 12.1. The Kier molecular flexibility index (Phi) is 10.8. The number of carbonyl (C=O) groups is 2. The molecule has 0 saturated heterocycles. The zero-order valence-corrected chi connectivity index (χ0v) is 15.1. The fraction of sp³-hybridized carbons (Fsp3) is 0.450. The number of allylic oxidation sites excluding steroid dienone is 1. The third kappa shape index (κ3) is 9.41. The number of nitrogens with zero attached hydrogens (tertiary/aromatic N) is 1. The van der Waals surface area contributed by atoms with E-state index < -0.39 is 24.3 Å². The van der Waals surface area contributed by atoms with Gasteiger partial charge in [0.1, 0.15) is 6.67 Å². The molecule has 0 radical (unpaired) electrons. The Morgan fingerprint density at radius 2 is 1.88 bits per heavy atom. The van der Waals surface area contributed by atoms with Gasteiger partial charge >= 0.3 is 5.97 Å². The van der Waals surface area contributed by atoms with Crippen molar-refractivity contribution in [2.75, 3.05) is 6.67 Å². The molecule has 1 aromatic rings. The number of benzene rings is 1. The summed E-state index contributed by atoms with van der Waals surface area (Å²) in [6, 6.07) is 9.46. The lowest BCUT2D eigenvalue weighted by Gasteiger charge is -2.15. The highest BCUT2D eigenvalue weighted by molar-refractivity contribution is 5.85. The predicted molar refractivity (Wildman–Crippen MR) is 96.7 cm³/mol. The Morgan fingerprint density at radius 3 is 2.24 bits per heavy atom. The first-order chi connectivity index (χ1) is 11.7. The van der Waals surface area contributed by atoms with E-state index in [1.165, 1.54) is 0 Å². The van der Waals surface area contributed by atoms with Crippen LogP contribution in [0.4, 0.5) is 4.39 Å². The van der Waals surface area contributed by atoms with Gasteiger partial charge in [0.05, 0.1) is 18.1 Å². The Labute approximate surface area is 149 Å². The van der Waals surface area contributed by atoms with Crippen LogP contribution in [0, 0.1) is 23.2 Å². The Bertz CT molecular complexity index is 617. The van der Waals surface area contributed by atoms with Crippen molar-refractivity contribution in [3.8, 4) is 6.07 Å². The number of halogens is 1. The molecule has 2 unspecified atom stereocenters. The van der Waals surface area contributed by atoms with Gasteiger partial charge in [-0.1, -0.05) is 44.6 Å². The SMILES string of the molecule is C=C(C)c1ccc(C#N)cc1.CCC(C)CC(CC(=O)O)C(=O)CF. The molecule has 0 bridgehead atoms. The molecule has 1 rings (SSSR count). The average Bonchev–Trinajstić information content (AvgIpc) is 2.60. The number of hydrogen-bond donors (Lipinski definition) is 1. The standard InChI is InChI=1S/C10H17FO3.C10H9N/c1-3-7(2)4-8(5-10(13)14)9(12)6-11;1-8(2)10-5-3-9(7-11)4-6-10/h7-8H,3-6H2,1-2H3,(H,13,14);3-6H,1H2,2H3. The highest BCUT2D eigenvalue weighted by Crippen LogP contribution is 2.19. The van der Waals surface area contributed by atoms with Crippen molar-refractivity contribution in [3.63, 3.8) is 0 Å². The summed E-state index contributed by atoms with van der Waals surface area (Å²) >= 11 is 0. The minimum atomic E-state index is -1.06. The van der Waals surface area contributed by atoms with Crippen LogP contribution in [0.25, 0.3) is 5.57 Å². The van der Waals surface area contributed by atoms with E-state index in [1.54, 1.807) is 12.1 Å². The van der Waals surface area contributed by atoms with Crippen molar-refractivity contribution in [2.45, 2.75) is 40.0 Å². The van der Waals surface area contributed by atoms with Crippen LogP contribution in [-0.2, 0) is 9.59 Å².